The number of carbonyl (C=O) groups excluding carboxylic acids is 4. The van der Waals surface area contributed by atoms with Crippen molar-refractivity contribution in [3.63, 3.8) is 0 Å². The predicted octanol–water partition coefficient (Wildman–Crippen LogP) is 19.4. The van der Waals surface area contributed by atoms with Crippen LogP contribution in [0.2, 0.25) is 0 Å². The third-order valence-corrected chi connectivity index (χ3v) is 26.4. The first-order valence-electron chi connectivity index (χ1n) is 43.8. The van der Waals surface area contributed by atoms with Crippen LogP contribution in [0.15, 0.2) is 315 Å². The van der Waals surface area contributed by atoms with E-state index in [4.69, 9.17) is 57.3 Å². The number of rotatable bonds is 18. The standard InChI is InChI=1S/C86H72N8O12.C12H14N4.C12H12N2O2/c87-63-25-9-51(33-71(63)95)55-13-29-67(75(99)37-55)91-79(103)47-1-17-59(18-2-47)83-41-84(60-19-3-48(4-20-60)80(104)92-68-30-14-56(38-76(68)100)52-10-26-64(88)72(96)34-52)44-85(42-83,61-21-5-49(6-22-61)81(105)93-69-31-15-57(39-77(69)101)53-11-27-65(89)73(97)35-53)46-86(43-83,45-84)62-23-7-50(8-24-62)82(106)94-70-32-16-58(40-78(70)102)54-12-28-66(90)74(98)36-54;2*13-9-3-1-7(5-11(9)15)8-2-4-10(14)12(16)6-8/h1-40,95-102H,41-46,87-90H2,(H,91,103)(H,92,104)(H,93,105)(H,94,106);1-6H,13-16H2;1-6,15-16H,13-14H2. The Morgan fingerprint density at radius 2 is 0.319 bits per heavy atom. The fourth-order valence-electron chi connectivity index (χ4n) is 19.7. The lowest BCUT2D eigenvalue weighted by atomic mass is 9.32. The zero-order valence-electron chi connectivity index (χ0n) is 74.1. The van der Waals surface area contributed by atoms with Gasteiger partial charge in [0, 0.05) is 22.3 Å². The number of phenolic OH excluding ortho intramolecular Hbond substituents is 10. The number of anilines is 14. The lowest BCUT2D eigenvalue weighted by molar-refractivity contribution is -0.0692. The number of amides is 4. The molecule has 16 aromatic carbocycles. The Kier molecular flexibility index (Phi) is 24.2. The summed E-state index contributed by atoms with van der Waals surface area (Å²) < 4.78 is 0. The van der Waals surface area contributed by atoms with E-state index >= 15 is 0 Å². The Morgan fingerprint density at radius 3 is 0.471 bits per heavy atom. The van der Waals surface area contributed by atoms with Crippen LogP contribution in [0, 0.1) is 0 Å². The SMILES string of the molecule is Nc1ccc(-c2ccc(N)c(N)c2)cc1N.Nc1ccc(-c2ccc(N)c(O)c2)cc1O.Nc1ccc(-c2ccc(NC(=O)c3ccc(C45CC6(c7ccc(C(=O)Nc8ccc(-c9ccc(N)c(O)c9)cc8O)cc7)CC(c7ccc(C(=O)Nc8ccc(-c9ccc(N)c(O)c9)cc8O)cc7)(C4)CC(c4ccc(C(=O)Nc7ccc(-c8ccc(N)c(O)c8)cc7O)cc4)(C5)C6)cc3)c(O)c2)cc1O. The third-order valence-electron chi connectivity index (χ3n) is 26.4. The molecule has 4 saturated carbocycles. The van der Waals surface area contributed by atoms with Crippen molar-refractivity contribution >= 4 is 103 Å². The van der Waals surface area contributed by atoms with E-state index in [2.05, 4.69) is 21.3 Å². The molecule has 0 aliphatic heterocycles. The minimum absolute atomic E-state index is 0.0221. The van der Waals surface area contributed by atoms with Gasteiger partial charge >= 0.3 is 0 Å². The third kappa shape index (κ3) is 18.5. The second-order valence-corrected chi connectivity index (χ2v) is 35.6. The highest BCUT2D eigenvalue weighted by molar-refractivity contribution is 6.08. The van der Waals surface area contributed by atoms with Crippen molar-refractivity contribution in [1.82, 2.24) is 0 Å². The summed E-state index contributed by atoms with van der Waals surface area (Å²) in [5, 5.41) is 117. The Balaban J connectivity index is 0.000000345. The maximum atomic E-state index is 14.3. The van der Waals surface area contributed by atoms with Gasteiger partial charge in [0.15, 0.2) is 0 Å². The first-order chi connectivity index (χ1) is 66.0. The maximum absolute atomic E-state index is 14.3. The van der Waals surface area contributed by atoms with Gasteiger partial charge in [-0.05, 0) is 343 Å². The number of benzene rings is 16. The molecule has 0 heterocycles. The fourth-order valence-corrected chi connectivity index (χ4v) is 19.7. The van der Waals surface area contributed by atoms with Gasteiger partial charge in [-0.3, -0.25) is 19.2 Å². The average molecular weight is 1840 g/mol. The van der Waals surface area contributed by atoms with Gasteiger partial charge in [-0.25, -0.2) is 0 Å². The molecule has 138 heavy (non-hydrogen) atoms. The number of nitrogens with two attached hydrogens (primary N) is 10. The molecule has 4 fully saturated rings. The Morgan fingerprint density at radius 1 is 0.174 bits per heavy atom. The summed E-state index contributed by atoms with van der Waals surface area (Å²) in [5.74, 6) is -3.07. The van der Waals surface area contributed by atoms with E-state index in [0.29, 0.717) is 139 Å². The second-order valence-electron chi connectivity index (χ2n) is 35.6. The zero-order chi connectivity index (χ0) is 97.6. The number of nitrogens with one attached hydrogen (secondary N) is 4. The highest BCUT2D eigenvalue weighted by Crippen LogP contribution is 2.75. The lowest BCUT2D eigenvalue weighted by Gasteiger charge is -2.71. The van der Waals surface area contributed by atoms with E-state index < -0.39 is 45.3 Å². The molecule has 4 aliphatic carbocycles. The largest absolute Gasteiger partial charge is 0.506 e. The van der Waals surface area contributed by atoms with E-state index in [1.165, 1.54) is 48.5 Å². The molecule has 0 radical (unpaired) electrons. The van der Waals surface area contributed by atoms with Crippen molar-refractivity contribution in [2.75, 3.05) is 78.6 Å². The molecular formula is C110H98N14O14. The number of phenols is 10. The van der Waals surface area contributed by atoms with Crippen LogP contribution in [0.3, 0.4) is 0 Å². The first-order valence-corrected chi connectivity index (χ1v) is 43.8. The predicted molar refractivity (Wildman–Crippen MR) is 544 cm³/mol. The van der Waals surface area contributed by atoms with Crippen molar-refractivity contribution in [2.24, 2.45) is 0 Å². The van der Waals surface area contributed by atoms with Crippen LogP contribution in [-0.4, -0.2) is 74.7 Å². The molecule has 0 spiro atoms. The molecule has 0 atom stereocenters. The minimum Gasteiger partial charge on any atom is -0.506 e. The molecule has 34 N–H and O–H groups in total. The average Bonchev–Trinajstić information content (AvgIpc) is 0.662. The molecule has 28 heteroatoms. The molecule has 4 bridgehead atoms. The van der Waals surface area contributed by atoms with E-state index in [9.17, 15) is 70.2 Å². The zero-order valence-corrected chi connectivity index (χ0v) is 74.1. The number of hydrogen-bond donors (Lipinski definition) is 24. The van der Waals surface area contributed by atoms with Gasteiger partial charge in [0.1, 0.15) is 57.5 Å². The Hall–Kier alpha value is -18.6. The first kappa shape index (κ1) is 91.3. The molecule has 0 unspecified atom stereocenters. The minimum atomic E-state index is -0.644. The number of nitrogen functional groups attached to an aromatic ring is 10. The van der Waals surface area contributed by atoms with Crippen molar-refractivity contribution in [3.05, 3.63) is 360 Å². The van der Waals surface area contributed by atoms with Crippen molar-refractivity contribution in [3.8, 4) is 124 Å². The summed E-state index contributed by atoms with van der Waals surface area (Å²) >= 11 is 0. The van der Waals surface area contributed by atoms with Crippen molar-refractivity contribution in [2.45, 2.75) is 60.2 Å². The van der Waals surface area contributed by atoms with Gasteiger partial charge in [0.25, 0.3) is 23.6 Å². The molecular weight excluding hydrogens is 1740 g/mol. The smallest absolute Gasteiger partial charge is 0.255 e. The highest BCUT2D eigenvalue weighted by Gasteiger charge is 2.69. The van der Waals surface area contributed by atoms with Crippen molar-refractivity contribution < 1.29 is 70.2 Å². The summed E-state index contributed by atoms with van der Waals surface area (Å²) in [7, 11) is 0. The second kappa shape index (κ2) is 36.5. The van der Waals surface area contributed by atoms with E-state index in [1.54, 1.807) is 194 Å². The van der Waals surface area contributed by atoms with Crippen molar-refractivity contribution in [1.29, 1.82) is 0 Å². The number of hydrogen-bond acceptors (Lipinski definition) is 24. The molecule has 0 aromatic heterocycles. The summed E-state index contributed by atoms with van der Waals surface area (Å²) in [6, 6.07) is 89.2. The summed E-state index contributed by atoms with van der Waals surface area (Å²) in [4.78, 5) is 57.2. The van der Waals surface area contributed by atoms with Crippen LogP contribution >= 0.6 is 0 Å². The Bertz CT molecular complexity index is 6610. The summed E-state index contributed by atoms with van der Waals surface area (Å²) in [6.45, 7) is 0. The highest BCUT2D eigenvalue weighted by atomic mass is 16.3. The van der Waals surface area contributed by atoms with Gasteiger partial charge < -0.3 is 130 Å². The lowest BCUT2D eigenvalue weighted by Crippen LogP contribution is -2.67. The number of aromatic hydroxyl groups is 10. The van der Waals surface area contributed by atoms with Crippen LogP contribution < -0.4 is 78.6 Å². The van der Waals surface area contributed by atoms with Gasteiger partial charge in [-0.2, -0.15) is 0 Å². The van der Waals surface area contributed by atoms with Crippen LogP contribution in [-0.2, 0) is 21.7 Å². The molecule has 28 nitrogen and oxygen atoms in total. The van der Waals surface area contributed by atoms with Crippen LogP contribution in [0.25, 0.3) is 66.8 Å². The van der Waals surface area contributed by atoms with Crippen LogP contribution in [0.1, 0.15) is 102 Å². The van der Waals surface area contributed by atoms with E-state index in [-0.39, 0.29) is 103 Å². The molecule has 4 amide bonds. The molecule has 20 rings (SSSR count). The van der Waals surface area contributed by atoms with Gasteiger partial charge in [0.05, 0.1) is 79.6 Å². The normalized spacial score (nSPS) is 16.5. The van der Waals surface area contributed by atoms with Gasteiger partial charge in [0.2, 0.25) is 0 Å². The Labute approximate surface area is 792 Å². The quantitative estimate of drug-likeness (QED) is 0.0280. The summed E-state index contributed by atoms with van der Waals surface area (Å²) in [6.07, 6.45) is 3.77. The molecule has 0 saturated heterocycles. The van der Waals surface area contributed by atoms with Gasteiger partial charge in [-0.15, -0.1) is 0 Å². The van der Waals surface area contributed by atoms with Crippen LogP contribution in [0.5, 0.6) is 57.5 Å². The number of carbonyl (C=O) groups is 4. The summed E-state index contributed by atoms with van der Waals surface area (Å²) in [5.41, 5.74) is 72.3. The molecule has 16 aromatic rings. The van der Waals surface area contributed by atoms with Crippen LogP contribution in [0.4, 0.5) is 79.6 Å². The van der Waals surface area contributed by atoms with E-state index in [1.807, 2.05) is 72.8 Å². The maximum Gasteiger partial charge on any atom is 0.255 e. The van der Waals surface area contributed by atoms with E-state index in [0.717, 1.165) is 44.5 Å². The monoisotopic (exact) mass is 1840 g/mol. The van der Waals surface area contributed by atoms with Gasteiger partial charge in [-0.1, -0.05) is 121 Å². The molecule has 692 valence electrons. The topological polar surface area (TPSA) is 579 Å². The fraction of sp³-hybridized carbons (Fsp3) is 0.0909. The molecule has 4 aliphatic rings.